The zero-order valence-electron chi connectivity index (χ0n) is 16.0. The maximum Gasteiger partial charge on any atom is 0.244 e. The van der Waals surface area contributed by atoms with Crippen LogP contribution < -0.4 is 25.0 Å². The maximum atomic E-state index is 5.41. The van der Waals surface area contributed by atoms with E-state index in [0.717, 1.165) is 35.8 Å². The number of hydrogen-bond donors (Lipinski definition) is 2. The van der Waals surface area contributed by atoms with Gasteiger partial charge in [-0.3, -0.25) is 0 Å². The number of benzene rings is 2. The third kappa shape index (κ3) is 4.01. The summed E-state index contributed by atoms with van der Waals surface area (Å²) in [5, 5.41) is 14.6. The predicted molar refractivity (Wildman–Crippen MR) is 111 cm³/mol. The Kier molecular flexibility index (Phi) is 4.73. The second kappa shape index (κ2) is 7.83. The van der Waals surface area contributed by atoms with Gasteiger partial charge in [0.2, 0.25) is 12.7 Å². The molecule has 2 aliphatic heterocycles. The van der Waals surface area contributed by atoms with Gasteiger partial charge in [0.25, 0.3) is 0 Å². The van der Waals surface area contributed by atoms with Crippen LogP contribution in [-0.2, 0) is 6.54 Å². The molecule has 1 saturated heterocycles. The van der Waals surface area contributed by atoms with Crippen LogP contribution in [0.5, 0.6) is 11.5 Å². The van der Waals surface area contributed by atoms with Gasteiger partial charge in [0.15, 0.2) is 17.3 Å². The minimum atomic E-state index is 0.270. The third-order valence-electron chi connectivity index (χ3n) is 5.06. The summed E-state index contributed by atoms with van der Waals surface area (Å²) < 4.78 is 10.7. The number of rotatable bonds is 6. The molecule has 8 heteroatoms. The first-order valence-electron chi connectivity index (χ1n) is 9.78. The summed E-state index contributed by atoms with van der Waals surface area (Å²) >= 11 is 0. The molecule has 0 radical (unpaired) electrons. The molecule has 0 bridgehead atoms. The first-order valence-corrected chi connectivity index (χ1v) is 9.78. The average Bonchev–Trinajstić information content (AvgIpc) is 3.45. The number of ether oxygens (including phenoxy) is 2. The molecular weight excluding hydrogens is 368 g/mol. The van der Waals surface area contributed by atoms with Crippen LogP contribution in [0.2, 0.25) is 0 Å². The summed E-state index contributed by atoms with van der Waals surface area (Å²) in [5.41, 5.74) is 3.28. The lowest BCUT2D eigenvalue weighted by Gasteiger charge is -2.17. The molecule has 3 aromatic rings. The van der Waals surface area contributed by atoms with Gasteiger partial charge in [-0.2, -0.15) is 10.1 Å². The Labute approximate surface area is 168 Å². The Bertz CT molecular complexity index is 989. The number of fused-ring (bicyclic) bond motifs is 1. The van der Waals surface area contributed by atoms with Crippen LogP contribution in [0, 0.1) is 0 Å². The summed E-state index contributed by atoms with van der Waals surface area (Å²) in [6, 6.07) is 14.3. The van der Waals surface area contributed by atoms with E-state index in [-0.39, 0.29) is 6.79 Å². The molecule has 0 amide bonds. The van der Waals surface area contributed by atoms with Gasteiger partial charge in [-0.15, -0.1) is 5.10 Å². The average molecular weight is 390 g/mol. The molecule has 0 unspecified atom stereocenters. The molecule has 0 saturated carbocycles. The van der Waals surface area contributed by atoms with E-state index in [1.54, 1.807) is 6.20 Å². The third-order valence-corrected chi connectivity index (χ3v) is 5.06. The second-order valence-corrected chi connectivity index (χ2v) is 7.07. The van der Waals surface area contributed by atoms with Crippen molar-refractivity contribution in [2.45, 2.75) is 19.4 Å². The van der Waals surface area contributed by atoms with E-state index in [4.69, 9.17) is 9.47 Å². The zero-order chi connectivity index (χ0) is 19.5. The van der Waals surface area contributed by atoms with Crippen molar-refractivity contribution in [3.63, 3.8) is 0 Å². The van der Waals surface area contributed by atoms with Gasteiger partial charge in [-0.1, -0.05) is 6.07 Å². The van der Waals surface area contributed by atoms with Crippen molar-refractivity contribution >= 4 is 23.1 Å². The van der Waals surface area contributed by atoms with Crippen LogP contribution in [0.15, 0.2) is 48.7 Å². The Hall–Kier alpha value is -3.55. The lowest BCUT2D eigenvalue weighted by molar-refractivity contribution is 0.174. The number of aromatic nitrogens is 3. The molecule has 8 nitrogen and oxygen atoms in total. The van der Waals surface area contributed by atoms with E-state index in [9.17, 15) is 0 Å². The summed E-state index contributed by atoms with van der Waals surface area (Å²) in [4.78, 5) is 6.90. The fourth-order valence-corrected chi connectivity index (χ4v) is 3.55. The standard InChI is InChI=1S/C21H22N6O2/c1-2-10-27(9-1)17-6-4-16(5-7-17)24-20-13-23-26-21(25-20)22-12-15-3-8-18-19(11-15)29-14-28-18/h3-8,11,13H,1-2,9-10,12,14H2,(H2,22,24,25,26). The number of nitrogens with one attached hydrogen (secondary N) is 2. The predicted octanol–water partition coefficient (Wildman–Crippen LogP) is 3.56. The van der Waals surface area contributed by atoms with E-state index in [1.807, 2.05) is 18.2 Å². The van der Waals surface area contributed by atoms with Gasteiger partial charge < -0.3 is 25.0 Å². The second-order valence-electron chi connectivity index (χ2n) is 7.07. The summed E-state index contributed by atoms with van der Waals surface area (Å²) in [5.74, 6) is 2.63. The Morgan fingerprint density at radius 1 is 0.966 bits per heavy atom. The van der Waals surface area contributed by atoms with Crippen molar-refractivity contribution in [2.24, 2.45) is 0 Å². The fourth-order valence-electron chi connectivity index (χ4n) is 3.55. The highest BCUT2D eigenvalue weighted by molar-refractivity contribution is 5.61. The van der Waals surface area contributed by atoms with Gasteiger partial charge >= 0.3 is 0 Å². The largest absolute Gasteiger partial charge is 0.454 e. The zero-order valence-corrected chi connectivity index (χ0v) is 16.0. The van der Waals surface area contributed by atoms with Crippen LogP contribution in [-0.4, -0.2) is 35.1 Å². The summed E-state index contributed by atoms with van der Waals surface area (Å²) in [7, 11) is 0. The van der Waals surface area contributed by atoms with Crippen LogP contribution in [0.4, 0.5) is 23.1 Å². The summed E-state index contributed by atoms with van der Waals surface area (Å²) in [6.07, 6.45) is 4.16. The van der Waals surface area contributed by atoms with Crippen molar-refractivity contribution in [3.05, 3.63) is 54.2 Å². The quantitative estimate of drug-likeness (QED) is 0.661. The van der Waals surface area contributed by atoms with Crippen molar-refractivity contribution in [1.82, 2.24) is 15.2 Å². The Morgan fingerprint density at radius 3 is 2.66 bits per heavy atom. The minimum Gasteiger partial charge on any atom is -0.454 e. The van der Waals surface area contributed by atoms with Crippen LogP contribution >= 0.6 is 0 Å². The normalized spacial score (nSPS) is 14.8. The molecule has 3 heterocycles. The van der Waals surface area contributed by atoms with Gasteiger partial charge in [0, 0.05) is 31.0 Å². The molecule has 0 spiro atoms. The van der Waals surface area contributed by atoms with E-state index >= 15 is 0 Å². The van der Waals surface area contributed by atoms with E-state index < -0.39 is 0 Å². The van der Waals surface area contributed by atoms with Gasteiger partial charge in [-0.05, 0) is 54.8 Å². The van der Waals surface area contributed by atoms with Crippen molar-refractivity contribution in [1.29, 1.82) is 0 Å². The molecule has 0 atom stereocenters. The first-order chi connectivity index (χ1) is 14.3. The lowest BCUT2D eigenvalue weighted by atomic mass is 10.2. The van der Waals surface area contributed by atoms with Crippen molar-refractivity contribution in [3.8, 4) is 11.5 Å². The van der Waals surface area contributed by atoms with Crippen molar-refractivity contribution < 1.29 is 9.47 Å². The molecule has 29 heavy (non-hydrogen) atoms. The smallest absolute Gasteiger partial charge is 0.244 e. The molecule has 2 aliphatic rings. The van der Waals surface area contributed by atoms with Crippen LogP contribution in [0.1, 0.15) is 18.4 Å². The highest BCUT2D eigenvalue weighted by Crippen LogP contribution is 2.32. The Morgan fingerprint density at radius 2 is 1.79 bits per heavy atom. The number of nitrogens with zero attached hydrogens (tertiary/aromatic N) is 4. The molecular formula is C21H22N6O2. The monoisotopic (exact) mass is 390 g/mol. The van der Waals surface area contributed by atoms with E-state index in [0.29, 0.717) is 18.3 Å². The summed E-state index contributed by atoms with van der Waals surface area (Å²) in [6.45, 7) is 3.11. The molecule has 0 aliphatic carbocycles. The van der Waals surface area contributed by atoms with Crippen LogP contribution in [0.3, 0.4) is 0 Å². The minimum absolute atomic E-state index is 0.270. The van der Waals surface area contributed by atoms with Gasteiger partial charge in [0.05, 0.1) is 6.20 Å². The molecule has 1 aromatic heterocycles. The topological polar surface area (TPSA) is 84.4 Å². The number of hydrogen-bond acceptors (Lipinski definition) is 8. The highest BCUT2D eigenvalue weighted by atomic mass is 16.7. The SMILES string of the molecule is c1cc2c(cc1CNc1nncc(Nc3ccc(N4CCCC4)cc3)n1)OCO2. The lowest BCUT2D eigenvalue weighted by Crippen LogP contribution is -2.17. The number of anilines is 4. The van der Waals surface area contributed by atoms with E-state index in [1.165, 1.54) is 18.5 Å². The Balaban J connectivity index is 1.21. The van der Waals surface area contributed by atoms with Gasteiger partial charge in [0.1, 0.15) is 0 Å². The van der Waals surface area contributed by atoms with Gasteiger partial charge in [-0.25, -0.2) is 0 Å². The first kappa shape index (κ1) is 17.5. The van der Waals surface area contributed by atoms with E-state index in [2.05, 4.69) is 55.0 Å². The molecule has 148 valence electrons. The van der Waals surface area contributed by atoms with Crippen LogP contribution in [0.25, 0.3) is 0 Å². The fraction of sp³-hybridized carbons (Fsp3) is 0.286. The molecule has 2 N–H and O–H groups in total. The molecule has 1 fully saturated rings. The molecule has 2 aromatic carbocycles. The van der Waals surface area contributed by atoms with Crippen molar-refractivity contribution in [2.75, 3.05) is 35.4 Å². The molecule has 5 rings (SSSR count). The maximum absolute atomic E-state index is 5.41. The highest BCUT2D eigenvalue weighted by Gasteiger charge is 2.14.